The van der Waals surface area contributed by atoms with Crippen molar-refractivity contribution < 1.29 is 9.13 Å². The van der Waals surface area contributed by atoms with Crippen LogP contribution in [-0.2, 0) is 0 Å². The molecule has 1 atom stereocenters. The second-order valence-corrected chi connectivity index (χ2v) is 7.29. The third-order valence-electron chi connectivity index (χ3n) is 4.51. The lowest BCUT2D eigenvalue weighted by Gasteiger charge is -2.19. The molecule has 0 saturated heterocycles. The SMILES string of the molecule is C[C@@H](Oc1cc(-c2cnn(-c3ccncc3)c2)cnc1N)c1c(Cl)ccc(F)c1Cl. The number of halogens is 3. The first-order chi connectivity index (χ1) is 14.4. The first kappa shape index (κ1) is 20.1. The van der Waals surface area contributed by atoms with Gasteiger partial charge in [-0.3, -0.25) is 4.98 Å². The highest BCUT2D eigenvalue weighted by Gasteiger charge is 2.20. The number of nitrogens with two attached hydrogens (primary N) is 1. The summed E-state index contributed by atoms with van der Waals surface area (Å²) in [5, 5.41) is 4.58. The predicted molar refractivity (Wildman–Crippen MR) is 114 cm³/mol. The smallest absolute Gasteiger partial charge is 0.166 e. The lowest BCUT2D eigenvalue weighted by Crippen LogP contribution is -2.08. The van der Waals surface area contributed by atoms with E-state index in [2.05, 4.69) is 15.1 Å². The minimum absolute atomic E-state index is 0.0867. The average Bonchev–Trinajstić information content (AvgIpc) is 3.24. The molecule has 2 N–H and O–H groups in total. The molecule has 4 aromatic rings. The molecule has 0 aliphatic carbocycles. The third-order valence-corrected chi connectivity index (χ3v) is 5.23. The lowest BCUT2D eigenvalue weighted by atomic mass is 10.1. The molecule has 0 radical (unpaired) electrons. The van der Waals surface area contributed by atoms with E-state index in [1.807, 2.05) is 18.3 Å². The first-order valence-electron chi connectivity index (χ1n) is 8.95. The molecule has 0 aliphatic heterocycles. The number of aromatic nitrogens is 4. The summed E-state index contributed by atoms with van der Waals surface area (Å²) in [4.78, 5) is 8.22. The van der Waals surface area contributed by atoms with Gasteiger partial charge in [-0.25, -0.2) is 14.1 Å². The maximum atomic E-state index is 13.9. The van der Waals surface area contributed by atoms with Crippen LogP contribution >= 0.6 is 23.2 Å². The lowest BCUT2D eigenvalue weighted by molar-refractivity contribution is 0.227. The number of ether oxygens (including phenoxy) is 1. The van der Waals surface area contributed by atoms with Gasteiger partial charge in [-0.15, -0.1) is 0 Å². The summed E-state index contributed by atoms with van der Waals surface area (Å²) < 4.78 is 21.5. The molecule has 0 spiro atoms. The highest BCUT2D eigenvalue weighted by molar-refractivity contribution is 6.36. The van der Waals surface area contributed by atoms with Crippen molar-refractivity contribution in [2.75, 3.05) is 5.73 Å². The molecule has 0 bridgehead atoms. The Morgan fingerprint density at radius 3 is 2.63 bits per heavy atom. The monoisotopic (exact) mass is 443 g/mol. The minimum Gasteiger partial charge on any atom is -0.482 e. The summed E-state index contributed by atoms with van der Waals surface area (Å²) in [5.41, 5.74) is 8.78. The molecular weight excluding hydrogens is 428 g/mol. The van der Waals surface area contributed by atoms with E-state index in [0.717, 1.165) is 16.8 Å². The van der Waals surface area contributed by atoms with Gasteiger partial charge in [0.1, 0.15) is 11.9 Å². The van der Waals surface area contributed by atoms with Gasteiger partial charge in [0.25, 0.3) is 0 Å². The van der Waals surface area contributed by atoms with Crippen molar-refractivity contribution in [1.29, 1.82) is 0 Å². The highest BCUT2D eigenvalue weighted by atomic mass is 35.5. The number of rotatable bonds is 5. The van der Waals surface area contributed by atoms with E-state index in [-0.39, 0.29) is 10.8 Å². The largest absolute Gasteiger partial charge is 0.482 e. The maximum absolute atomic E-state index is 13.9. The van der Waals surface area contributed by atoms with Crippen LogP contribution in [0, 0.1) is 5.82 Å². The molecule has 6 nitrogen and oxygen atoms in total. The summed E-state index contributed by atoms with van der Waals surface area (Å²) in [5.74, 6) is -0.0567. The van der Waals surface area contributed by atoms with Gasteiger partial charge in [-0.05, 0) is 37.3 Å². The first-order valence-corrected chi connectivity index (χ1v) is 9.70. The Morgan fingerprint density at radius 2 is 1.87 bits per heavy atom. The van der Waals surface area contributed by atoms with Crippen molar-refractivity contribution in [3.8, 4) is 22.6 Å². The molecule has 152 valence electrons. The second-order valence-electron chi connectivity index (χ2n) is 6.50. The minimum atomic E-state index is -0.653. The van der Waals surface area contributed by atoms with Crippen LogP contribution in [0.4, 0.5) is 10.2 Å². The van der Waals surface area contributed by atoms with Gasteiger partial charge in [-0.2, -0.15) is 5.10 Å². The molecule has 0 unspecified atom stereocenters. The Labute approximate surface area is 182 Å². The van der Waals surface area contributed by atoms with Crippen LogP contribution in [0.2, 0.25) is 10.0 Å². The number of nitrogen functional groups attached to an aromatic ring is 1. The molecular formula is C21H16Cl2FN5O. The Morgan fingerprint density at radius 1 is 1.10 bits per heavy atom. The van der Waals surface area contributed by atoms with Crippen molar-refractivity contribution in [3.05, 3.63) is 82.7 Å². The van der Waals surface area contributed by atoms with Crippen LogP contribution in [-0.4, -0.2) is 19.7 Å². The molecule has 0 fully saturated rings. The zero-order valence-electron chi connectivity index (χ0n) is 15.8. The van der Waals surface area contributed by atoms with Crippen molar-refractivity contribution in [1.82, 2.24) is 19.7 Å². The van der Waals surface area contributed by atoms with E-state index in [4.69, 9.17) is 33.7 Å². The molecule has 0 aliphatic rings. The highest BCUT2D eigenvalue weighted by Crippen LogP contribution is 2.36. The molecule has 30 heavy (non-hydrogen) atoms. The van der Waals surface area contributed by atoms with Crippen molar-refractivity contribution >= 4 is 29.0 Å². The van der Waals surface area contributed by atoms with E-state index in [1.54, 1.807) is 42.5 Å². The fourth-order valence-corrected chi connectivity index (χ4v) is 3.66. The van der Waals surface area contributed by atoms with E-state index >= 15 is 0 Å². The molecule has 4 rings (SSSR count). The summed E-state index contributed by atoms with van der Waals surface area (Å²) in [6, 6.07) is 8.08. The maximum Gasteiger partial charge on any atom is 0.166 e. The van der Waals surface area contributed by atoms with Crippen LogP contribution < -0.4 is 10.5 Å². The standard InChI is InChI=1S/C21H16Cl2FN5O/c1-12(19-16(22)2-3-17(24)20(19)23)30-18-8-13(9-27-21(18)25)14-10-28-29(11-14)15-4-6-26-7-5-15/h2-12H,1H3,(H2,25,27)/t12-/m1/s1. The fourth-order valence-electron chi connectivity index (χ4n) is 2.98. The number of hydrogen-bond acceptors (Lipinski definition) is 5. The Kier molecular flexibility index (Phi) is 5.57. The van der Waals surface area contributed by atoms with Crippen LogP contribution in [0.1, 0.15) is 18.6 Å². The Hall–Kier alpha value is -3.16. The average molecular weight is 444 g/mol. The summed E-state index contributed by atoms with van der Waals surface area (Å²) in [6.45, 7) is 1.71. The van der Waals surface area contributed by atoms with E-state index in [1.165, 1.54) is 12.1 Å². The molecule has 0 amide bonds. The van der Waals surface area contributed by atoms with Crippen molar-refractivity contribution in [3.63, 3.8) is 0 Å². The van der Waals surface area contributed by atoms with Crippen molar-refractivity contribution in [2.45, 2.75) is 13.0 Å². The van der Waals surface area contributed by atoms with Gasteiger partial charge in [0.05, 0.1) is 16.9 Å². The summed E-state index contributed by atoms with van der Waals surface area (Å²) in [7, 11) is 0. The number of hydrogen-bond donors (Lipinski definition) is 1. The second kappa shape index (κ2) is 8.30. The number of anilines is 1. The topological polar surface area (TPSA) is 78.8 Å². The normalized spacial score (nSPS) is 12.0. The van der Waals surface area contributed by atoms with Crippen LogP contribution in [0.5, 0.6) is 5.75 Å². The van der Waals surface area contributed by atoms with Gasteiger partial charge in [0.2, 0.25) is 0 Å². The number of nitrogens with zero attached hydrogens (tertiary/aromatic N) is 4. The Balaban J connectivity index is 1.63. The van der Waals surface area contributed by atoms with Gasteiger partial charge in [0.15, 0.2) is 11.6 Å². The predicted octanol–water partition coefficient (Wildman–Crippen LogP) is 5.50. The third kappa shape index (κ3) is 3.94. The van der Waals surface area contributed by atoms with Gasteiger partial charge in [-0.1, -0.05) is 23.2 Å². The van der Waals surface area contributed by atoms with Gasteiger partial charge < -0.3 is 10.5 Å². The summed E-state index contributed by atoms with van der Waals surface area (Å²) >= 11 is 12.3. The van der Waals surface area contributed by atoms with Gasteiger partial charge in [0, 0.05) is 46.5 Å². The molecule has 3 aromatic heterocycles. The summed E-state index contributed by atoms with van der Waals surface area (Å²) in [6.07, 6.45) is 7.93. The van der Waals surface area contributed by atoms with Crippen LogP contribution in [0.25, 0.3) is 16.8 Å². The van der Waals surface area contributed by atoms with E-state index in [0.29, 0.717) is 16.3 Å². The Bertz CT molecular complexity index is 1200. The number of benzene rings is 1. The molecule has 0 saturated carbocycles. The van der Waals surface area contributed by atoms with Crippen LogP contribution in [0.15, 0.2) is 61.3 Å². The zero-order chi connectivity index (χ0) is 21.3. The molecule has 3 heterocycles. The van der Waals surface area contributed by atoms with Crippen molar-refractivity contribution in [2.24, 2.45) is 0 Å². The van der Waals surface area contributed by atoms with E-state index < -0.39 is 11.9 Å². The van der Waals surface area contributed by atoms with Crippen LogP contribution in [0.3, 0.4) is 0 Å². The zero-order valence-corrected chi connectivity index (χ0v) is 17.3. The number of pyridine rings is 2. The molecule has 1 aromatic carbocycles. The molecule has 9 heteroatoms. The quantitative estimate of drug-likeness (QED) is 0.412. The fraction of sp³-hybridized carbons (Fsp3) is 0.0952. The van der Waals surface area contributed by atoms with Gasteiger partial charge >= 0.3 is 0 Å². The van der Waals surface area contributed by atoms with E-state index in [9.17, 15) is 4.39 Å².